The molecule has 4 rings (SSSR count). The number of hydrogen-bond donors (Lipinski definition) is 1. The first kappa shape index (κ1) is 14.3. The van der Waals surface area contributed by atoms with E-state index >= 15 is 0 Å². The summed E-state index contributed by atoms with van der Waals surface area (Å²) in [6.07, 6.45) is 0. The van der Waals surface area contributed by atoms with E-state index in [0.717, 1.165) is 21.9 Å². The highest BCUT2D eigenvalue weighted by molar-refractivity contribution is 7.20. The number of nitrogens with one attached hydrogen (secondary N) is 1. The van der Waals surface area contributed by atoms with Crippen LogP contribution in [-0.2, 0) is 13.1 Å². The average Bonchev–Trinajstić information content (AvgIpc) is 3.05. The Morgan fingerprint density at radius 3 is 2.78 bits per heavy atom. The number of pyridine rings is 1. The molecule has 0 radical (unpaired) electrons. The molecule has 0 unspecified atom stereocenters. The molecular weight excluding hydrogens is 309 g/mol. The summed E-state index contributed by atoms with van der Waals surface area (Å²) in [6, 6.07) is 8.67. The van der Waals surface area contributed by atoms with Crippen LogP contribution in [0.4, 0.5) is 4.39 Å². The molecule has 0 saturated heterocycles. The quantitative estimate of drug-likeness (QED) is 0.770. The van der Waals surface area contributed by atoms with E-state index in [4.69, 9.17) is 0 Å². The highest BCUT2D eigenvalue weighted by Gasteiger charge is 2.23. The van der Waals surface area contributed by atoms with Crippen molar-refractivity contribution in [3.8, 4) is 0 Å². The highest BCUT2D eigenvalue weighted by Crippen LogP contribution is 2.36. The Morgan fingerprint density at radius 2 is 2.00 bits per heavy atom. The number of thiophene rings is 1. The molecule has 3 aromatic rings. The lowest BCUT2D eigenvalue weighted by Gasteiger charge is -2.05. The Bertz CT molecular complexity index is 926. The van der Waals surface area contributed by atoms with Gasteiger partial charge in [0.25, 0.3) is 0 Å². The molecule has 0 aliphatic carbocycles. The van der Waals surface area contributed by atoms with Crippen LogP contribution >= 0.6 is 11.3 Å². The Kier molecular flexibility index (Phi) is 3.38. The van der Waals surface area contributed by atoms with Crippen LogP contribution in [-0.4, -0.2) is 10.8 Å². The van der Waals surface area contributed by atoms with E-state index in [-0.39, 0.29) is 5.82 Å². The number of amidine groups is 1. The zero-order valence-electron chi connectivity index (χ0n) is 13.0. The first-order valence-corrected chi connectivity index (χ1v) is 8.36. The van der Waals surface area contributed by atoms with Gasteiger partial charge in [0.2, 0.25) is 0 Å². The summed E-state index contributed by atoms with van der Waals surface area (Å²) < 4.78 is 13.0. The molecule has 0 amide bonds. The van der Waals surface area contributed by atoms with Gasteiger partial charge in [0.15, 0.2) is 0 Å². The van der Waals surface area contributed by atoms with E-state index in [1.165, 1.54) is 33.5 Å². The largest absolute Gasteiger partial charge is 0.365 e. The number of nitrogens with zero attached hydrogens (tertiary/aromatic N) is 2. The van der Waals surface area contributed by atoms with Gasteiger partial charge in [-0.15, -0.1) is 11.3 Å². The lowest BCUT2D eigenvalue weighted by molar-refractivity contribution is 0.626. The van der Waals surface area contributed by atoms with Gasteiger partial charge >= 0.3 is 0 Å². The summed E-state index contributed by atoms with van der Waals surface area (Å²) in [5.74, 6) is 0.708. The van der Waals surface area contributed by atoms with E-state index in [0.29, 0.717) is 13.1 Å². The minimum atomic E-state index is -0.212. The van der Waals surface area contributed by atoms with Crippen LogP contribution in [0, 0.1) is 19.7 Å². The topological polar surface area (TPSA) is 37.3 Å². The molecule has 1 N–H and O–H groups in total. The van der Waals surface area contributed by atoms with Crippen LogP contribution in [0.1, 0.15) is 27.3 Å². The van der Waals surface area contributed by atoms with Crippen molar-refractivity contribution in [2.24, 2.45) is 4.99 Å². The molecule has 1 aliphatic rings. The molecule has 0 fully saturated rings. The Hall–Kier alpha value is -2.27. The van der Waals surface area contributed by atoms with Crippen LogP contribution < -0.4 is 5.32 Å². The predicted molar refractivity (Wildman–Crippen MR) is 92.6 cm³/mol. The van der Waals surface area contributed by atoms with Gasteiger partial charge in [-0.25, -0.2) is 9.37 Å². The molecular formula is C18H16FN3S. The van der Waals surface area contributed by atoms with Crippen molar-refractivity contribution in [1.82, 2.24) is 10.3 Å². The first-order chi connectivity index (χ1) is 11.1. The summed E-state index contributed by atoms with van der Waals surface area (Å²) in [5, 5.41) is 4.63. The predicted octanol–water partition coefficient (Wildman–Crippen LogP) is 4.10. The van der Waals surface area contributed by atoms with Gasteiger partial charge in [0.1, 0.15) is 16.5 Å². The minimum absolute atomic E-state index is 0.212. The summed E-state index contributed by atoms with van der Waals surface area (Å²) in [5.41, 5.74) is 4.62. The molecule has 23 heavy (non-hydrogen) atoms. The van der Waals surface area contributed by atoms with Gasteiger partial charge in [-0.05, 0) is 43.2 Å². The Labute approximate surface area is 137 Å². The van der Waals surface area contributed by atoms with Crippen molar-refractivity contribution < 1.29 is 4.39 Å². The van der Waals surface area contributed by atoms with E-state index in [2.05, 4.69) is 28.3 Å². The van der Waals surface area contributed by atoms with Gasteiger partial charge in [-0.3, -0.25) is 4.99 Å². The van der Waals surface area contributed by atoms with Gasteiger partial charge < -0.3 is 5.32 Å². The normalized spacial score (nSPS) is 13.3. The van der Waals surface area contributed by atoms with E-state index in [9.17, 15) is 4.39 Å². The average molecular weight is 325 g/mol. The molecule has 3 nitrogen and oxygen atoms in total. The maximum atomic E-state index is 13.0. The number of aliphatic imine (C=N–C) groups is 1. The molecule has 1 aromatic carbocycles. The van der Waals surface area contributed by atoms with Crippen LogP contribution in [0.25, 0.3) is 10.2 Å². The number of rotatable bonds is 2. The van der Waals surface area contributed by atoms with E-state index in [1.54, 1.807) is 23.5 Å². The molecule has 116 valence electrons. The van der Waals surface area contributed by atoms with Gasteiger partial charge in [0, 0.05) is 23.2 Å². The van der Waals surface area contributed by atoms with Crippen LogP contribution in [0.15, 0.2) is 35.3 Å². The fraction of sp³-hybridized carbons (Fsp3) is 0.222. The lowest BCUT2D eigenvalue weighted by Crippen LogP contribution is -2.21. The third-order valence-electron chi connectivity index (χ3n) is 4.07. The van der Waals surface area contributed by atoms with Crippen molar-refractivity contribution >= 4 is 27.4 Å². The third-order valence-corrected chi connectivity index (χ3v) is 5.20. The molecule has 1 aliphatic heterocycles. The fourth-order valence-electron chi connectivity index (χ4n) is 3.01. The number of aryl methyl sites for hydroxylation is 2. The smallest absolute Gasteiger partial charge is 0.139 e. The van der Waals surface area contributed by atoms with Crippen LogP contribution in [0.2, 0.25) is 0 Å². The van der Waals surface area contributed by atoms with Crippen molar-refractivity contribution in [3.05, 3.63) is 63.4 Å². The van der Waals surface area contributed by atoms with E-state index < -0.39 is 0 Å². The molecule has 0 spiro atoms. The monoisotopic (exact) mass is 325 g/mol. The van der Waals surface area contributed by atoms with Crippen LogP contribution in [0.5, 0.6) is 0 Å². The zero-order valence-corrected chi connectivity index (χ0v) is 13.8. The van der Waals surface area contributed by atoms with Crippen molar-refractivity contribution in [3.63, 3.8) is 0 Å². The van der Waals surface area contributed by atoms with Crippen molar-refractivity contribution in [2.45, 2.75) is 26.9 Å². The lowest BCUT2D eigenvalue weighted by atomic mass is 10.1. The molecule has 5 heteroatoms. The standard InChI is InChI=1S/C18H16FN3S/c1-10-7-11(2)22-18-15(10)14-9-21-17(16(14)23-18)20-8-12-3-5-13(19)6-4-12/h3-7H,8-9H2,1-2H3,(H,20,21). The number of hydrogen-bond acceptors (Lipinski definition) is 4. The summed E-state index contributed by atoms with van der Waals surface area (Å²) >= 11 is 1.70. The molecule has 0 bridgehead atoms. The van der Waals surface area contributed by atoms with Crippen molar-refractivity contribution in [1.29, 1.82) is 0 Å². The zero-order chi connectivity index (χ0) is 16.0. The Balaban J connectivity index is 1.62. The number of aromatic nitrogens is 1. The number of benzene rings is 1. The molecule has 2 aromatic heterocycles. The number of halogens is 1. The molecule has 0 saturated carbocycles. The van der Waals surface area contributed by atoms with E-state index in [1.807, 2.05) is 6.92 Å². The summed E-state index contributed by atoms with van der Waals surface area (Å²) in [7, 11) is 0. The molecule has 3 heterocycles. The second-order valence-corrected chi connectivity index (χ2v) is 6.81. The van der Waals surface area contributed by atoms with Crippen LogP contribution in [0.3, 0.4) is 0 Å². The molecule has 0 atom stereocenters. The first-order valence-electron chi connectivity index (χ1n) is 7.54. The Morgan fingerprint density at radius 1 is 1.22 bits per heavy atom. The van der Waals surface area contributed by atoms with Gasteiger partial charge in [-0.1, -0.05) is 12.1 Å². The third kappa shape index (κ3) is 2.51. The van der Waals surface area contributed by atoms with Gasteiger partial charge in [0.05, 0.1) is 11.4 Å². The minimum Gasteiger partial charge on any atom is -0.365 e. The summed E-state index contributed by atoms with van der Waals surface area (Å²) in [4.78, 5) is 11.6. The maximum absolute atomic E-state index is 13.0. The second-order valence-electron chi connectivity index (χ2n) is 5.82. The fourth-order valence-corrected chi connectivity index (χ4v) is 4.30. The highest BCUT2D eigenvalue weighted by atomic mass is 32.1. The maximum Gasteiger partial charge on any atom is 0.139 e. The van der Waals surface area contributed by atoms with Crippen molar-refractivity contribution in [2.75, 3.05) is 0 Å². The van der Waals surface area contributed by atoms with Gasteiger partial charge in [-0.2, -0.15) is 0 Å². The number of fused-ring (bicyclic) bond motifs is 3. The second kappa shape index (κ2) is 5.42. The SMILES string of the molecule is Cc1cc(C)c2c3c(sc2n1)C(NCc1ccc(F)cc1)=NC3. The summed E-state index contributed by atoms with van der Waals surface area (Å²) in [6.45, 7) is 5.50.